The first-order valence-corrected chi connectivity index (χ1v) is 8.24. The Morgan fingerprint density at radius 2 is 2.04 bits per heavy atom. The van der Waals surface area contributed by atoms with Crippen LogP contribution in [0.15, 0.2) is 30.5 Å². The van der Waals surface area contributed by atoms with E-state index in [9.17, 15) is 4.79 Å². The second kappa shape index (κ2) is 6.42. The third-order valence-electron chi connectivity index (χ3n) is 3.69. The van der Waals surface area contributed by atoms with Gasteiger partial charge in [-0.3, -0.25) is 4.79 Å². The van der Waals surface area contributed by atoms with E-state index in [-0.39, 0.29) is 11.9 Å². The Kier molecular flexibility index (Phi) is 4.47. The average Bonchev–Trinajstić information content (AvgIpc) is 2.93. The summed E-state index contributed by atoms with van der Waals surface area (Å²) in [7, 11) is 0. The van der Waals surface area contributed by atoms with Crippen LogP contribution >= 0.6 is 23.2 Å². The molecule has 24 heavy (non-hydrogen) atoms. The molecule has 5 nitrogen and oxygen atoms in total. The highest BCUT2D eigenvalue weighted by atomic mass is 35.5. The van der Waals surface area contributed by atoms with Gasteiger partial charge in [0.2, 0.25) is 0 Å². The van der Waals surface area contributed by atoms with Crippen molar-refractivity contribution in [3.8, 4) is 0 Å². The fraction of sp³-hybridized carbons (Fsp3) is 0.235. The summed E-state index contributed by atoms with van der Waals surface area (Å²) in [4.78, 5) is 17.1. The van der Waals surface area contributed by atoms with E-state index in [4.69, 9.17) is 23.2 Å². The summed E-state index contributed by atoms with van der Waals surface area (Å²) in [5, 5.41) is 8.63. The van der Waals surface area contributed by atoms with E-state index in [0.29, 0.717) is 27.0 Å². The Hall–Kier alpha value is -2.11. The van der Waals surface area contributed by atoms with Crippen molar-refractivity contribution < 1.29 is 4.79 Å². The van der Waals surface area contributed by atoms with Crippen LogP contribution in [0.2, 0.25) is 10.0 Å². The number of carbonyl (C=O) groups excluding carboxylic acids is 1. The lowest BCUT2D eigenvalue weighted by Gasteiger charge is -2.11. The zero-order chi connectivity index (χ0) is 17.4. The van der Waals surface area contributed by atoms with Crippen LogP contribution in [0.3, 0.4) is 0 Å². The molecule has 0 fully saturated rings. The molecule has 0 unspecified atom stereocenters. The van der Waals surface area contributed by atoms with Gasteiger partial charge in [0.1, 0.15) is 0 Å². The minimum Gasteiger partial charge on any atom is -0.321 e. The maximum Gasteiger partial charge on any atom is 0.257 e. The summed E-state index contributed by atoms with van der Waals surface area (Å²) in [5.41, 5.74) is 2.33. The average molecular weight is 363 g/mol. The molecule has 0 saturated carbocycles. The normalized spacial score (nSPS) is 11.2. The molecule has 0 bridgehead atoms. The number of amides is 1. The number of carbonyl (C=O) groups is 1. The maximum atomic E-state index is 12.6. The molecule has 0 radical (unpaired) electrons. The van der Waals surface area contributed by atoms with Crippen LogP contribution in [-0.2, 0) is 0 Å². The molecule has 0 atom stereocenters. The molecule has 2 aromatic heterocycles. The Bertz CT molecular complexity index is 934. The van der Waals surface area contributed by atoms with Crippen molar-refractivity contribution in [2.75, 3.05) is 5.32 Å². The van der Waals surface area contributed by atoms with E-state index >= 15 is 0 Å². The molecule has 1 aromatic carbocycles. The zero-order valence-electron chi connectivity index (χ0n) is 13.5. The zero-order valence-corrected chi connectivity index (χ0v) is 15.0. The van der Waals surface area contributed by atoms with Gasteiger partial charge in [0.05, 0.1) is 33.2 Å². The molecule has 3 aromatic rings. The third kappa shape index (κ3) is 2.97. The van der Waals surface area contributed by atoms with E-state index in [1.54, 1.807) is 37.4 Å². The molecule has 0 aliphatic carbocycles. The minimum absolute atomic E-state index is 0.194. The van der Waals surface area contributed by atoms with Crippen molar-refractivity contribution >= 4 is 45.8 Å². The predicted octanol–water partition coefficient (Wildman–Crippen LogP) is 4.88. The van der Waals surface area contributed by atoms with Gasteiger partial charge in [-0.2, -0.15) is 5.10 Å². The van der Waals surface area contributed by atoms with Crippen LogP contribution in [0, 0.1) is 6.92 Å². The molecule has 1 N–H and O–H groups in total. The lowest BCUT2D eigenvalue weighted by Crippen LogP contribution is -2.15. The van der Waals surface area contributed by atoms with Gasteiger partial charge in [0.25, 0.3) is 5.91 Å². The number of aromatic nitrogens is 3. The van der Waals surface area contributed by atoms with Gasteiger partial charge in [-0.15, -0.1) is 0 Å². The molecular formula is C17H16Cl2N4O. The van der Waals surface area contributed by atoms with Crippen molar-refractivity contribution in [2.45, 2.75) is 26.8 Å². The van der Waals surface area contributed by atoms with Gasteiger partial charge < -0.3 is 5.32 Å². The van der Waals surface area contributed by atoms with Gasteiger partial charge in [0.15, 0.2) is 5.65 Å². The van der Waals surface area contributed by atoms with Crippen molar-refractivity contribution in [1.29, 1.82) is 0 Å². The van der Waals surface area contributed by atoms with Gasteiger partial charge in [0, 0.05) is 11.4 Å². The van der Waals surface area contributed by atoms with Crippen LogP contribution in [0.4, 0.5) is 5.69 Å². The summed E-state index contributed by atoms with van der Waals surface area (Å²) < 4.78 is 1.83. The molecule has 124 valence electrons. The number of rotatable bonds is 3. The standard InChI is InChI=1S/C17H16Cl2N4O/c1-9(2)23-16-11(8-20-23)7-12(10(3)21-16)17(24)22-14-6-4-5-13(18)15(14)19/h4-9H,1-3H3,(H,22,24). The predicted molar refractivity (Wildman–Crippen MR) is 97.1 cm³/mol. The molecule has 3 rings (SSSR count). The van der Waals surface area contributed by atoms with Crippen LogP contribution in [0.5, 0.6) is 0 Å². The molecule has 7 heteroatoms. The fourth-order valence-electron chi connectivity index (χ4n) is 2.46. The number of aryl methyl sites for hydroxylation is 1. The summed E-state index contributed by atoms with van der Waals surface area (Å²) >= 11 is 12.1. The lowest BCUT2D eigenvalue weighted by molar-refractivity contribution is 0.102. The number of hydrogen-bond acceptors (Lipinski definition) is 3. The van der Waals surface area contributed by atoms with Gasteiger partial charge in [-0.25, -0.2) is 9.67 Å². The Morgan fingerprint density at radius 3 is 2.75 bits per heavy atom. The van der Waals surface area contributed by atoms with E-state index in [2.05, 4.69) is 15.4 Å². The summed E-state index contributed by atoms with van der Waals surface area (Å²) in [6, 6.07) is 7.07. The number of benzene rings is 1. The largest absolute Gasteiger partial charge is 0.321 e. The first-order valence-electron chi connectivity index (χ1n) is 7.48. The molecule has 2 heterocycles. The number of pyridine rings is 1. The highest BCUT2D eigenvalue weighted by Crippen LogP contribution is 2.30. The Labute approximate surface area is 149 Å². The van der Waals surface area contributed by atoms with Gasteiger partial charge >= 0.3 is 0 Å². The van der Waals surface area contributed by atoms with E-state index < -0.39 is 0 Å². The topological polar surface area (TPSA) is 59.8 Å². The summed E-state index contributed by atoms with van der Waals surface area (Å²) in [6.07, 6.45) is 1.71. The second-order valence-electron chi connectivity index (χ2n) is 5.77. The first-order chi connectivity index (χ1) is 11.4. The smallest absolute Gasteiger partial charge is 0.257 e. The first kappa shape index (κ1) is 16.7. The Morgan fingerprint density at radius 1 is 1.29 bits per heavy atom. The van der Waals surface area contributed by atoms with Gasteiger partial charge in [-0.1, -0.05) is 29.3 Å². The molecule has 0 spiro atoms. The van der Waals surface area contributed by atoms with E-state index in [1.807, 2.05) is 18.5 Å². The lowest BCUT2D eigenvalue weighted by atomic mass is 10.1. The molecule has 1 amide bonds. The highest BCUT2D eigenvalue weighted by molar-refractivity contribution is 6.44. The number of halogens is 2. The van der Waals surface area contributed by atoms with Crippen LogP contribution in [-0.4, -0.2) is 20.7 Å². The van der Waals surface area contributed by atoms with Crippen LogP contribution < -0.4 is 5.32 Å². The molecule has 0 saturated heterocycles. The van der Waals surface area contributed by atoms with Crippen molar-refractivity contribution in [3.63, 3.8) is 0 Å². The number of nitrogens with zero attached hydrogens (tertiary/aromatic N) is 3. The van der Waals surface area contributed by atoms with E-state index in [0.717, 1.165) is 11.0 Å². The summed E-state index contributed by atoms with van der Waals surface area (Å²) in [5.74, 6) is -0.289. The fourth-order valence-corrected chi connectivity index (χ4v) is 2.81. The maximum absolute atomic E-state index is 12.6. The highest BCUT2D eigenvalue weighted by Gasteiger charge is 2.16. The quantitative estimate of drug-likeness (QED) is 0.722. The Balaban J connectivity index is 1.98. The van der Waals surface area contributed by atoms with Crippen LogP contribution in [0.1, 0.15) is 35.9 Å². The SMILES string of the molecule is Cc1nc2c(cnn2C(C)C)cc1C(=O)Nc1cccc(Cl)c1Cl. The molecule has 0 aliphatic rings. The number of fused-ring (bicyclic) bond motifs is 1. The number of anilines is 1. The van der Waals surface area contributed by atoms with Crippen molar-refractivity contribution in [1.82, 2.24) is 14.8 Å². The van der Waals surface area contributed by atoms with Crippen LogP contribution in [0.25, 0.3) is 11.0 Å². The van der Waals surface area contributed by atoms with E-state index in [1.165, 1.54) is 0 Å². The minimum atomic E-state index is -0.289. The van der Waals surface area contributed by atoms with Crippen molar-refractivity contribution in [3.05, 3.63) is 51.8 Å². The summed E-state index contributed by atoms with van der Waals surface area (Å²) in [6.45, 7) is 5.86. The molecule has 0 aliphatic heterocycles. The van der Waals surface area contributed by atoms with Crippen molar-refractivity contribution in [2.24, 2.45) is 0 Å². The monoisotopic (exact) mass is 362 g/mol. The third-order valence-corrected chi connectivity index (χ3v) is 4.51. The molecular weight excluding hydrogens is 347 g/mol. The number of hydrogen-bond donors (Lipinski definition) is 1. The number of nitrogens with one attached hydrogen (secondary N) is 1. The van der Waals surface area contributed by atoms with Gasteiger partial charge in [-0.05, 0) is 39.0 Å². The second-order valence-corrected chi connectivity index (χ2v) is 6.56.